The van der Waals surface area contributed by atoms with Crippen LogP contribution in [0.1, 0.15) is 22.8 Å². The molecule has 110 valence electrons. The summed E-state index contributed by atoms with van der Waals surface area (Å²) in [5.41, 5.74) is -0.763. The second-order valence-electron chi connectivity index (χ2n) is 4.80. The van der Waals surface area contributed by atoms with Crippen LogP contribution in [0.5, 0.6) is 0 Å². The molecule has 20 heavy (non-hydrogen) atoms. The van der Waals surface area contributed by atoms with Gasteiger partial charge < -0.3 is 10.2 Å². The minimum Gasteiger partial charge on any atom is -0.336 e. The van der Waals surface area contributed by atoms with Crippen molar-refractivity contribution < 1.29 is 18.0 Å². The Morgan fingerprint density at radius 1 is 1.45 bits per heavy atom. The van der Waals surface area contributed by atoms with Crippen LogP contribution in [0.25, 0.3) is 0 Å². The van der Waals surface area contributed by atoms with Crippen LogP contribution in [0.2, 0.25) is 0 Å². The van der Waals surface area contributed by atoms with Gasteiger partial charge in [-0.1, -0.05) is 15.9 Å². The number of hydrogen-bond acceptors (Lipinski definition) is 2. The lowest BCUT2D eigenvalue weighted by Crippen LogP contribution is -2.51. The molecule has 0 aromatic heterocycles. The van der Waals surface area contributed by atoms with Crippen molar-refractivity contribution in [3.05, 3.63) is 33.8 Å². The highest BCUT2D eigenvalue weighted by Crippen LogP contribution is 2.35. The molecule has 1 saturated heterocycles. The number of halogens is 4. The highest BCUT2D eigenvalue weighted by Gasteiger charge is 2.34. The summed E-state index contributed by atoms with van der Waals surface area (Å²) in [6, 6.07) is 3.72. The van der Waals surface area contributed by atoms with Crippen molar-refractivity contribution in [1.29, 1.82) is 0 Å². The van der Waals surface area contributed by atoms with Crippen LogP contribution in [0.3, 0.4) is 0 Å². The van der Waals surface area contributed by atoms with E-state index in [0.717, 1.165) is 6.07 Å². The van der Waals surface area contributed by atoms with Crippen molar-refractivity contribution >= 4 is 21.8 Å². The molecule has 1 aromatic carbocycles. The first-order valence-corrected chi connectivity index (χ1v) is 6.97. The molecule has 0 radical (unpaired) electrons. The molecule has 1 heterocycles. The number of amides is 1. The summed E-state index contributed by atoms with van der Waals surface area (Å²) < 4.78 is 38.4. The van der Waals surface area contributed by atoms with Crippen LogP contribution in [-0.4, -0.2) is 36.5 Å². The molecule has 1 N–H and O–H groups in total. The molecular weight excluding hydrogens is 337 g/mol. The Balaban J connectivity index is 2.26. The molecule has 0 bridgehead atoms. The van der Waals surface area contributed by atoms with E-state index in [4.69, 9.17) is 0 Å². The number of alkyl halides is 3. The third-order valence-electron chi connectivity index (χ3n) is 3.17. The number of rotatable bonds is 1. The van der Waals surface area contributed by atoms with E-state index in [1.807, 2.05) is 6.92 Å². The number of nitrogens with zero attached hydrogens (tertiary/aromatic N) is 1. The Hall–Kier alpha value is -1.08. The normalized spacial score (nSPS) is 20.1. The van der Waals surface area contributed by atoms with Gasteiger partial charge in [-0.25, -0.2) is 0 Å². The Morgan fingerprint density at radius 3 is 2.75 bits per heavy atom. The van der Waals surface area contributed by atoms with Crippen LogP contribution < -0.4 is 5.32 Å². The van der Waals surface area contributed by atoms with Gasteiger partial charge in [-0.05, 0) is 25.1 Å². The van der Waals surface area contributed by atoms with Gasteiger partial charge in [0.25, 0.3) is 5.91 Å². The molecule has 1 fully saturated rings. The molecule has 0 saturated carbocycles. The van der Waals surface area contributed by atoms with Crippen molar-refractivity contribution in [3.63, 3.8) is 0 Å². The van der Waals surface area contributed by atoms with Gasteiger partial charge in [-0.15, -0.1) is 0 Å². The minimum absolute atomic E-state index is 0.0600. The summed E-state index contributed by atoms with van der Waals surface area (Å²) in [7, 11) is 0. The second-order valence-corrected chi connectivity index (χ2v) is 5.65. The summed E-state index contributed by atoms with van der Waals surface area (Å²) in [5.74, 6) is -0.364. The third kappa shape index (κ3) is 3.32. The van der Waals surface area contributed by atoms with Crippen LogP contribution in [0, 0.1) is 0 Å². The zero-order chi connectivity index (χ0) is 14.9. The molecule has 1 atom stereocenters. The van der Waals surface area contributed by atoms with Crippen molar-refractivity contribution in [2.75, 3.05) is 19.6 Å². The number of nitrogens with one attached hydrogen (secondary N) is 1. The number of piperazine rings is 1. The van der Waals surface area contributed by atoms with Crippen molar-refractivity contribution in [3.8, 4) is 0 Å². The Kier molecular flexibility index (Phi) is 4.39. The van der Waals surface area contributed by atoms with Gasteiger partial charge in [0.05, 0.1) is 5.56 Å². The summed E-state index contributed by atoms with van der Waals surface area (Å²) >= 11 is 2.87. The van der Waals surface area contributed by atoms with Gasteiger partial charge in [0.15, 0.2) is 0 Å². The molecule has 1 amide bonds. The molecule has 2 rings (SSSR count). The predicted molar refractivity (Wildman–Crippen MR) is 72.5 cm³/mol. The van der Waals surface area contributed by atoms with E-state index in [2.05, 4.69) is 21.2 Å². The van der Waals surface area contributed by atoms with Gasteiger partial charge in [0.2, 0.25) is 0 Å². The summed E-state index contributed by atoms with van der Waals surface area (Å²) in [6.07, 6.45) is -4.48. The van der Waals surface area contributed by atoms with Crippen molar-refractivity contribution in [2.45, 2.75) is 19.1 Å². The maximum atomic E-state index is 12.8. The van der Waals surface area contributed by atoms with Crippen molar-refractivity contribution in [2.24, 2.45) is 0 Å². The van der Waals surface area contributed by atoms with E-state index in [1.165, 1.54) is 12.1 Å². The smallest absolute Gasteiger partial charge is 0.336 e. The lowest BCUT2D eigenvalue weighted by molar-refractivity contribution is -0.138. The zero-order valence-electron chi connectivity index (χ0n) is 10.8. The van der Waals surface area contributed by atoms with Gasteiger partial charge in [-0.2, -0.15) is 13.2 Å². The topological polar surface area (TPSA) is 32.3 Å². The standard InChI is InChI=1S/C13H14BrF3N2O/c1-8-7-19(5-4-18-8)12(20)9-2-3-11(14)10(6-9)13(15,16)17/h2-3,6,8,18H,4-5,7H2,1H3. The van der Waals surface area contributed by atoms with E-state index >= 15 is 0 Å². The molecule has 0 aliphatic carbocycles. The summed E-state index contributed by atoms with van der Waals surface area (Å²) in [6.45, 7) is 3.58. The first kappa shape index (κ1) is 15.3. The maximum Gasteiger partial charge on any atom is 0.417 e. The average Bonchev–Trinajstić information content (AvgIpc) is 2.37. The number of benzene rings is 1. The molecule has 1 aliphatic rings. The predicted octanol–water partition coefficient (Wildman–Crippen LogP) is 2.90. The van der Waals surface area contributed by atoms with Crippen LogP contribution >= 0.6 is 15.9 Å². The fourth-order valence-corrected chi connectivity index (χ4v) is 2.65. The Bertz CT molecular complexity index is 519. The second kappa shape index (κ2) is 5.73. The highest BCUT2D eigenvalue weighted by atomic mass is 79.9. The van der Waals surface area contributed by atoms with Crippen molar-refractivity contribution in [1.82, 2.24) is 10.2 Å². The van der Waals surface area contributed by atoms with Crippen LogP contribution in [-0.2, 0) is 6.18 Å². The maximum absolute atomic E-state index is 12.8. The number of hydrogen-bond donors (Lipinski definition) is 1. The van der Waals surface area contributed by atoms with Gasteiger partial charge >= 0.3 is 6.18 Å². The molecule has 7 heteroatoms. The van der Waals surface area contributed by atoms with Gasteiger partial charge in [0, 0.05) is 35.7 Å². The fraction of sp³-hybridized carbons (Fsp3) is 0.462. The van der Waals surface area contributed by atoms with E-state index in [1.54, 1.807) is 4.90 Å². The Morgan fingerprint density at radius 2 is 2.15 bits per heavy atom. The van der Waals surface area contributed by atoms with Crippen LogP contribution in [0.4, 0.5) is 13.2 Å². The van der Waals surface area contributed by atoms with Crippen LogP contribution in [0.15, 0.2) is 22.7 Å². The zero-order valence-corrected chi connectivity index (χ0v) is 12.4. The summed E-state index contributed by atoms with van der Waals surface area (Å²) in [5, 5.41) is 3.18. The van der Waals surface area contributed by atoms with E-state index in [0.29, 0.717) is 19.6 Å². The SMILES string of the molecule is CC1CN(C(=O)c2ccc(Br)c(C(F)(F)F)c2)CCN1. The van der Waals surface area contributed by atoms with E-state index in [-0.39, 0.29) is 22.0 Å². The molecule has 1 aliphatic heterocycles. The quantitative estimate of drug-likeness (QED) is 0.844. The monoisotopic (exact) mass is 350 g/mol. The lowest BCUT2D eigenvalue weighted by Gasteiger charge is -2.32. The van der Waals surface area contributed by atoms with E-state index < -0.39 is 11.7 Å². The number of carbonyl (C=O) groups is 1. The molecule has 3 nitrogen and oxygen atoms in total. The van der Waals surface area contributed by atoms with Gasteiger partial charge in [-0.3, -0.25) is 4.79 Å². The average molecular weight is 351 g/mol. The lowest BCUT2D eigenvalue weighted by atomic mass is 10.1. The molecule has 1 aromatic rings. The van der Waals surface area contributed by atoms with Gasteiger partial charge in [0.1, 0.15) is 0 Å². The first-order chi connectivity index (χ1) is 9.29. The molecular formula is C13H14BrF3N2O. The number of carbonyl (C=O) groups excluding carboxylic acids is 1. The van der Waals surface area contributed by atoms with E-state index in [9.17, 15) is 18.0 Å². The third-order valence-corrected chi connectivity index (χ3v) is 3.87. The fourth-order valence-electron chi connectivity index (χ4n) is 2.17. The molecule has 0 spiro atoms. The molecule has 1 unspecified atom stereocenters. The Labute approximate surface area is 123 Å². The highest BCUT2D eigenvalue weighted by molar-refractivity contribution is 9.10. The largest absolute Gasteiger partial charge is 0.417 e. The minimum atomic E-state index is -4.48. The first-order valence-electron chi connectivity index (χ1n) is 6.18. The summed E-state index contributed by atoms with van der Waals surface area (Å²) in [4.78, 5) is 13.8.